The molecule has 0 saturated heterocycles. The minimum Gasteiger partial charge on any atom is -0.497 e. The lowest BCUT2D eigenvalue weighted by molar-refractivity contribution is 0.0976. The highest BCUT2D eigenvalue weighted by Gasteiger charge is 2.52. The van der Waals surface area contributed by atoms with Crippen LogP contribution in [0.4, 0.5) is 0 Å². The number of nitrogens with one attached hydrogen (secondary N) is 1. The summed E-state index contributed by atoms with van der Waals surface area (Å²) in [6.45, 7) is 5.78. The van der Waals surface area contributed by atoms with Crippen LogP contribution in [0.5, 0.6) is 5.75 Å². The summed E-state index contributed by atoms with van der Waals surface area (Å²) in [6.07, 6.45) is 2.47. The molecule has 0 heterocycles. The summed E-state index contributed by atoms with van der Waals surface area (Å²) in [6, 6.07) is 7.33. The first-order chi connectivity index (χ1) is 8.76. The van der Waals surface area contributed by atoms with Crippen molar-refractivity contribution in [2.45, 2.75) is 38.6 Å². The molecule has 0 radical (unpaired) electrons. The first-order valence-electron chi connectivity index (χ1n) is 7.16. The molecule has 4 atom stereocenters. The van der Waals surface area contributed by atoms with Crippen LogP contribution < -0.4 is 10.1 Å². The lowest BCUT2D eigenvalue weighted by Gasteiger charge is -2.48. The summed E-state index contributed by atoms with van der Waals surface area (Å²) in [4.78, 5) is 0. The molecule has 2 aliphatic rings. The lowest BCUT2D eigenvalue weighted by Crippen LogP contribution is -2.54. The summed E-state index contributed by atoms with van der Waals surface area (Å²) in [7, 11) is 1.75. The first-order valence-corrected chi connectivity index (χ1v) is 7.16. The van der Waals surface area contributed by atoms with Crippen molar-refractivity contribution in [2.24, 2.45) is 11.8 Å². The maximum Gasteiger partial charge on any atom is 0.119 e. The van der Waals surface area contributed by atoms with Gasteiger partial charge in [0.2, 0.25) is 0 Å². The second-order valence-electron chi connectivity index (χ2n) is 5.80. The first kappa shape index (κ1) is 12.0. The molecule has 0 bridgehead atoms. The number of methoxy groups -OCH3 is 1. The highest BCUT2D eigenvalue weighted by molar-refractivity contribution is 5.45. The maximum atomic E-state index is 5.36. The van der Waals surface area contributed by atoms with Gasteiger partial charge in [-0.05, 0) is 60.4 Å². The molecule has 98 valence electrons. The SMILES string of the molecule is CCCNC1C(C)C2c3cc(OC)ccc3CC12. The van der Waals surface area contributed by atoms with Gasteiger partial charge < -0.3 is 10.1 Å². The van der Waals surface area contributed by atoms with E-state index in [1.54, 1.807) is 18.2 Å². The van der Waals surface area contributed by atoms with Gasteiger partial charge in [0, 0.05) is 6.04 Å². The molecule has 0 aromatic heterocycles. The molecule has 1 N–H and O–H groups in total. The molecule has 1 saturated carbocycles. The van der Waals surface area contributed by atoms with Crippen molar-refractivity contribution in [3.63, 3.8) is 0 Å². The molecule has 2 heteroatoms. The number of ether oxygens (including phenoxy) is 1. The van der Waals surface area contributed by atoms with E-state index in [1.807, 2.05) is 0 Å². The van der Waals surface area contributed by atoms with E-state index in [9.17, 15) is 0 Å². The Balaban J connectivity index is 1.80. The average molecular weight is 245 g/mol. The van der Waals surface area contributed by atoms with Gasteiger partial charge in [-0.1, -0.05) is 19.9 Å². The zero-order chi connectivity index (χ0) is 12.7. The second-order valence-corrected chi connectivity index (χ2v) is 5.80. The van der Waals surface area contributed by atoms with Crippen LogP contribution in [0.15, 0.2) is 18.2 Å². The van der Waals surface area contributed by atoms with Crippen molar-refractivity contribution < 1.29 is 4.74 Å². The molecule has 0 amide bonds. The normalized spacial score (nSPS) is 32.6. The van der Waals surface area contributed by atoms with Crippen molar-refractivity contribution in [1.82, 2.24) is 5.32 Å². The minimum atomic E-state index is 0.716. The molecule has 18 heavy (non-hydrogen) atoms. The monoisotopic (exact) mass is 245 g/mol. The van der Waals surface area contributed by atoms with Crippen LogP contribution in [0.2, 0.25) is 0 Å². The van der Waals surface area contributed by atoms with E-state index in [0.29, 0.717) is 6.04 Å². The topological polar surface area (TPSA) is 21.3 Å². The van der Waals surface area contributed by atoms with Gasteiger partial charge in [-0.15, -0.1) is 0 Å². The van der Waals surface area contributed by atoms with Crippen molar-refractivity contribution in [3.05, 3.63) is 29.3 Å². The standard InChI is InChI=1S/C16H23NO/c1-4-7-17-16-10(2)15-13-9-12(18-3)6-5-11(13)8-14(15)16/h5-6,9-10,14-17H,4,7-8H2,1-3H3. The van der Waals surface area contributed by atoms with Crippen LogP contribution in [0, 0.1) is 11.8 Å². The van der Waals surface area contributed by atoms with Gasteiger partial charge in [-0.3, -0.25) is 0 Å². The highest BCUT2D eigenvalue weighted by atomic mass is 16.5. The Kier molecular flexibility index (Phi) is 3.06. The van der Waals surface area contributed by atoms with Crippen LogP contribution in [-0.2, 0) is 6.42 Å². The minimum absolute atomic E-state index is 0.716. The fourth-order valence-electron chi connectivity index (χ4n) is 3.95. The highest BCUT2D eigenvalue weighted by Crippen LogP contribution is 2.55. The Hall–Kier alpha value is -1.02. The molecule has 2 nitrogen and oxygen atoms in total. The molecular formula is C16H23NO. The third kappa shape index (κ3) is 1.66. The smallest absolute Gasteiger partial charge is 0.119 e. The van der Waals surface area contributed by atoms with E-state index in [0.717, 1.165) is 30.0 Å². The fourth-order valence-corrected chi connectivity index (χ4v) is 3.95. The largest absolute Gasteiger partial charge is 0.497 e. The van der Waals surface area contributed by atoms with Gasteiger partial charge in [0.05, 0.1) is 7.11 Å². The third-order valence-corrected chi connectivity index (χ3v) is 4.85. The van der Waals surface area contributed by atoms with Crippen molar-refractivity contribution in [3.8, 4) is 5.75 Å². The van der Waals surface area contributed by atoms with Gasteiger partial charge in [0.1, 0.15) is 5.75 Å². The molecule has 1 aromatic rings. The molecular weight excluding hydrogens is 222 g/mol. The van der Waals surface area contributed by atoms with Crippen molar-refractivity contribution in [2.75, 3.05) is 13.7 Å². The zero-order valence-corrected chi connectivity index (χ0v) is 11.6. The van der Waals surface area contributed by atoms with Crippen LogP contribution in [-0.4, -0.2) is 19.7 Å². The second kappa shape index (κ2) is 4.58. The Bertz CT molecular complexity index is 443. The maximum absolute atomic E-state index is 5.36. The Labute approximate surface area is 110 Å². The molecule has 4 unspecified atom stereocenters. The third-order valence-electron chi connectivity index (χ3n) is 4.85. The van der Waals surface area contributed by atoms with Crippen molar-refractivity contribution >= 4 is 0 Å². The fraction of sp³-hybridized carbons (Fsp3) is 0.625. The number of hydrogen-bond donors (Lipinski definition) is 1. The van der Waals surface area contributed by atoms with Crippen molar-refractivity contribution in [1.29, 1.82) is 0 Å². The molecule has 1 aromatic carbocycles. The van der Waals surface area contributed by atoms with Crippen LogP contribution >= 0.6 is 0 Å². The number of hydrogen-bond acceptors (Lipinski definition) is 2. The molecule has 2 aliphatic carbocycles. The molecule has 3 rings (SSSR count). The number of rotatable bonds is 4. The van der Waals surface area contributed by atoms with Gasteiger partial charge in [0.25, 0.3) is 0 Å². The van der Waals surface area contributed by atoms with E-state index < -0.39 is 0 Å². The number of benzene rings is 1. The van der Waals surface area contributed by atoms with Crippen LogP contribution in [0.1, 0.15) is 37.3 Å². The molecule has 0 aliphatic heterocycles. The Morgan fingerprint density at radius 3 is 2.94 bits per heavy atom. The van der Waals surface area contributed by atoms with E-state index in [4.69, 9.17) is 4.74 Å². The summed E-state index contributed by atoms with van der Waals surface area (Å²) in [5, 5.41) is 3.72. The van der Waals surface area contributed by atoms with Gasteiger partial charge >= 0.3 is 0 Å². The Morgan fingerprint density at radius 1 is 1.39 bits per heavy atom. The average Bonchev–Trinajstić information content (AvgIpc) is 2.72. The van der Waals surface area contributed by atoms with E-state index in [-0.39, 0.29) is 0 Å². The predicted octanol–water partition coefficient (Wildman–Crippen LogP) is 2.97. The predicted molar refractivity (Wildman–Crippen MR) is 74.2 cm³/mol. The Morgan fingerprint density at radius 2 is 2.22 bits per heavy atom. The molecule has 0 spiro atoms. The quantitative estimate of drug-likeness (QED) is 0.880. The zero-order valence-electron chi connectivity index (χ0n) is 11.6. The van der Waals surface area contributed by atoms with E-state index in [1.165, 1.54) is 12.8 Å². The van der Waals surface area contributed by atoms with Gasteiger partial charge in [0.15, 0.2) is 0 Å². The number of fused-ring (bicyclic) bond motifs is 3. The molecule has 1 fully saturated rings. The van der Waals surface area contributed by atoms with E-state index >= 15 is 0 Å². The lowest BCUT2D eigenvalue weighted by atomic mass is 9.62. The van der Waals surface area contributed by atoms with E-state index in [2.05, 4.69) is 37.4 Å². The summed E-state index contributed by atoms with van der Waals surface area (Å²) in [5.74, 6) is 3.33. The summed E-state index contributed by atoms with van der Waals surface area (Å²) < 4.78 is 5.36. The van der Waals surface area contributed by atoms with Crippen LogP contribution in [0.3, 0.4) is 0 Å². The van der Waals surface area contributed by atoms with Gasteiger partial charge in [-0.25, -0.2) is 0 Å². The van der Waals surface area contributed by atoms with Gasteiger partial charge in [-0.2, -0.15) is 0 Å². The summed E-state index contributed by atoms with van der Waals surface area (Å²) in [5.41, 5.74) is 3.08. The van der Waals surface area contributed by atoms with Crippen LogP contribution in [0.25, 0.3) is 0 Å². The summed E-state index contributed by atoms with van der Waals surface area (Å²) >= 11 is 0.